The van der Waals surface area contributed by atoms with Crippen LogP contribution in [-0.2, 0) is 55.4 Å². The molecule has 3 rings (SSSR count). The number of hydrogen-bond donors (Lipinski definition) is 1. The molecular weight excluding hydrogens is 565 g/mol. The van der Waals surface area contributed by atoms with Gasteiger partial charge in [0.05, 0.1) is 38.1 Å². The highest BCUT2D eigenvalue weighted by molar-refractivity contribution is 7.53. The number of amides is 1. The summed E-state index contributed by atoms with van der Waals surface area (Å²) in [7, 11) is -3.70. The smallest absolute Gasteiger partial charge is 0.408 e. The van der Waals surface area contributed by atoms with Crippen LogP contribution in [0.2, 0.25) is 0 Å². The van der Waals surface area contributed by atoms with Crippen LogP contribution in [0.15, 0.2) is 60.7 Å². The van der Waals surface area contributed by atoms with Gasteiger partial charge in [0.2, 0.25) is 0 Å². The molecule has 0 spiro atoms. The summed E-state index contributed by atoms with van der Waals surface area (Å²) in [6.07, 6.45) is -3.79. The highest BCUT2D eigenvalue weighted by Gasteiger charge is 2.46. The van der Waals surface area contributed by atoms with Crippen LogP contribution < -0.4 is 5.32 Å². The van der Waals surface area contributed by atoms with E-state index in [1.807, 2.05) is 60.7 Å². The van der Waals surface area contributed by atoms with E-state index < -0.39 is 55.6 Å². The minimum absolute atomic E-state index is 0.0593. The Labute approximate surface area is 246 Å². The number of alkyl carbamates (subject to hydrolysis) is 1. The fourth-order valence-corrected chi connectivity index (χ4v) is 5.90. The van der Waals surface area contributed by atoms with E-state index in [4.69, 9.17) is 28.0 Å². The SMILES string of the molecule is CC(=O)O[C@H]1[C@H](OC(C)=O)[C@@H](CCP(=O)(OCc2ccccc2)OCc2ccccc2)OC[C@H]1NC(=O)OC(C)(C)C. The van der Waals surface area contributed by atoms with Crippen LogP contribution in [0, 0.1) is 0 Å². The highest BCUT2D eigenvalue weighted by Crippen LogP contribution is 2.51. The lowest BCUT2D eigenvalue weighted by Crippen LogP contribution is -2.62. The van der Waals surface area contributed by atoms with Gasteiger partial charge in [-0.3, -0.25) is 14.2 Å². The van der Waals surface area contributed by atoms with Gasteiger partial charge in [-0.25, -0.2) is 4.79 Å². The molecule has 12 heteroatoms. The largest absolute Gasteiger partial charge is 0.456 e. The van der Waals surface area contributed by atoms with Gasteiger partial charge < -0.3 is 33.3 Å². The van der Waals surface area contributed by atoms with E-state index >= 15 is 0 Å². The van der Waals surface area contributed by atoms with Crippen LogP contribution in [0.5, 0.6) is 0 Å². The third kappa shape index (κ3) is 11.2. The van der Waals surface area contributed by atoms with Crippen LogP contribution in [0.4, 0.5) is 4.79 Å². The molecule has 4 atom stereocenters. The summed E-state index contributed by atoms with van der Waals surface area (Å²) in [6.45, 7) is 7.59. The van der Waals surface area contributed by atoms with Crippen molar-refractivity contribution in [1.29, 1.82) is 0 Å². The van der Waals surface area contributed by atoms with Gasteiger partial charge in [-0.1, -0.05) is 60.7 Å². The van der Waals surface area contributed by atoms with Crippen molar-refractivity contribution in [3.05, 3.63) is 71.8 Å². The Hall–Kier alpha value is -3.24. The number of carbonyl (C=O) groups excluding carboxylic acids is 3. The predicted molar refractivity (Wildman–Crippen MR) is 154 cm³/mol. The molecule has 0 aromatic heterocycles. The van der Waals surface area contributed by atoms with Crippen molar-refractivity contribution in [2.24, 2.45) is 0 Å². The number of ether oxygens (including phenoxy) is 4. The Morgan fingerprint density at radius 1 is 0.857 bits per heavy atom. The number of benzene rings is 2. The first-order valence-electron chi connectivity index (χ1n) is 13.7. The van der Waals surface area contributed by atoms with Gasteiger partial charge in [-0.15, -0.1) is 0 Å². The minimum atomic E-state index is -3.70. The standard InChI is InChI=1S/C30H40NO10P/c1-21(32)39-27-25(31-29(34)41-30(3,4)5)20-36-26(28(27)40-22(2)33)16-17-42(35,37-18-23-12-8-6-9-13-23)38-19-24-14-10-7-11-15-24/h6-15,25-28H,16-20H2,1-5H3,(H,31,34)/t25-,26-,27-,28-/m1/s1. The molecule has 0 saturated carbocycles. The number of hydrogen-bond acceptors (Lipinski definition) is 10. The number of nitrogens with one attached hydrogen (secondary N) is 1. The maximum absolute atomic E-state index is 14.0. The zero-order chi connectivity index (χ0) is 30.8. The highest BCUT2D eigenvalue weighted by atomic mass is 31.2. The minimum Gasteiger partial charge on any atom is -0.456 e. The van der Waals surface area contributed by atoms with Gasteiger partial charge in [-0.05, 0) is 38.3 Å². The van der Waals surface area contributed by atoms with E-state index in [1.165, 1.54) is 13.8 Å². The molecule has 2 aromatic carbocycles. The molecule has 0 aliphatic carbocycles. The molecule has 1 fully saturated rings. The average molecular weight is 606 g/mol. The Morgan fingerprint density at radius 3 is 1.83 bits per heavy atom. The zero-order valence-electron chi connectivity index (χ0n) is 24.6. The van der Waals surface area contributed by atoms with Crippen molar-refractivity contribution >= 4 is 25.6 Å². The second kappa shape index (κ2) is 15.3. The molecule has 2 aromatic rings. The Balaban J connectivity index is 1.78. The molecule has 0 bridgehead atoms. The molecule has 1 aliphatic rings. The maximum atomic E-state index is 14.0. The molecule has 1 N–H and O–H groups in total. The third-order valence-corrected chi connectivity index (χ3v) is 7.96. The second-order valence-corrected chi connectivity index (χ2v) is 13.1. The molecule has 1 heterocycles. The van der Waals surface area contributed by atoms with E-state index in [9.17, 15) is 18.9 Å². The lowest BCUT2D eigenvalue weighted by molar-refractivity contribution is -0.199. The molecular formula is C30H40NO10P. The van der Waals surface area contributed by atoms with E-state index in [0.717, 1.165) is 11.1 Å². The molecule has 0 radical (unpaired) electrons. The molecule has 1 amide bonds. The first kappa shape index (κ1) is 33.3. The maximum Gasteiger partial charge on any atom is 0.408 e. The van der Waals surface area contributed by atoms with Crippen molar-refractivity contribution in [3.63, 3.8) is 0 Å². The first-order chi connectivity index (χ1) is 19.8. The fourth-order valence-electron chi connectivity index (χ4n) is 4.31. The van der Waals surface area contributed by atoms with Crippen LogP contribution in [-0.4, -0.2) is 60.8 Å². The van der Waals surface area contributed by atoms with Crippen molar-refractivity contribution < 1.29 is 46.9 Å². The van der Waals surface area contributed by atoms with E-state index in [1.54, 1.807) is 20.8 Å². The Bertz CT molecular complexity index is 1170. The van der Waals surface area contributed by atoms with Gasteiger partial charge in [0.1, 0.15) is 5.60 Å². The van der Waals surface area contributed by atoms with Crippen molar-refractivity contribution in [1.82, 2.24) is 5.32 Å². The van der Waals surface area contributed by atoms with E-state index in [0.29, 0.717) is 0 Å². The van der Waals surface area contributed by atoms with Crippen molar-refractivity contribution in [2.75, 3.05) is 12.8 Å². The summed E-state index contributed by atoms with van der Waals surface area (Å²) >= 11 is 0. The first-order valence-corrected chi connectivity index (χ1v) is 15.5. The molecule has 1 aliphatic heterocycles. The lowest BCUT2D eigenvalue weighted by Gasteiger charge is -2.41. The molecule has 0 unspecified atom stereocenters. The van der Waals surface area contributed by atoms with Gasteiger partial charge in [0.15, 0.2) is 12.2 Å². The molecule has 11 nitrogen and oxygen atoms in total. The summed E-state index contributed by atoms with van der Waals surface area (Å²) in [5.74, 6) is -1.29. The van der Waals surface area contributed by atoms with Crippen LogP contribution in [0.25, 0.3) is 0 Å². The third-order valence-electron chi connectivity index (χ3n) is 6.11. The van der Waals surface area contributed by atoms with Crippen LogP contribution >= 0.6 is 7.60 Å². The van der Waals surface area contributed by atoms with Gasteiger partial charge in [0, 0.05) is 13.8 Å². The predicted octanol–water partition coefficient (Wildman–Crippen LogP) is 5.16. The van der Waals surface area contributed by atoms with Crippen molar-refractivity contribution in [2.45, 2.75) is 84.2 Å². The normalized spacial score (nSPS) is 20.8. The van der Waals surface area contributed by atoms with Crippen molar-refractivity contribution in [3.8, 4) is 0 Å². The summed E-state index contributed by atoms with van der Waals surface area (Å²) in [4.78, 5) is 36.6. The van der Waals surface area contributed by atoms with Gasteiger partial charge in [-0.2, -0.15) is 0 Å². The second-order valence-electron chi connectivity index (χ2n) is 10.9. The summed E-state index contributed by atoms with van der Waals surface area (Å²) in [6, 6.07) is 17.7. The number of esters is 2. The van der Waals surface area contributed by atoms with Gasteiger partial charge >= 0.3 is 25.6 Å². The summed E-state index contributed by atoms with van der Waals surface area (Å²) in [5.41, 5.74) is 0.868. The van der Waals surface area contributed by atoms with Crippen LogP contribution in [0.3, 0.4) is 0 Å². The average Bonchev–Trinajstić information content (AvgIpc) is 2.92. The Morgan fingerprint density at radius 2 is 1.36 bits per heavy atom. The summed E-state index contributed by atoms with van der Waals surface area (Å²) < 4.78 is 48.1. The zero-order valence-corrected chi connectivity index (χ0v) is 25.5. The van der Waals surface area contributed by atoms with Crippen LogP contribution in [0.1, 0.15) is 52.2 Å². The number of carbonyl (C=O) groups is 3. The Kier molecular flexibility index (Phi) is 12.1. The number of rotatable bonds is 12. The molecule has 230 valence electrons. The van der Waals surface area contributed by atoms with Gasteiger partial charge in [0.25, 0.3) is 0 Å². The van der Waals surface area contributed by atoms with E-state index in [-0.39, 0.29) is 32.4 Å². The lowest BCUT2D eigenvalue weighted by atomic mass is 9.96. The molecule has 42 heavy (non-hydrogen) atoms. The van der Waals surface area contributed by atoms with E-state index in [2.05, 4.69) is 5.32 Å². The monoisotopic (exact) mass is 605 g/mol. The topological polar surface area (TPSA) is 136 Å². The summed E-state index contributed by atoms with van der Waals surface area (Å²) in [5, 5.41) is 2.65. The molecule has 1 saturated heterocycles. The quantitative estimate of drug-likeness (QED) is 0.196. The fraction of sp³-hybridized carbons (Fsp3) is 0.500.